The van der Waals surface area contributed by atoms with Gasteiger partial charge in [0.15, 0.2) is 0 Å². The van der Waals surface area contributed by atoms with Gasteiger partial charge >= 0.3 is 0 Å². The number of nitrogens with one attached hydrogen (secondary N) is 1. The van der Waals surface area contributed by atoms with Crippen molar-refractivity contribution < 1.29 is 9.90 Å². The predicted octanol–water partition coefficient (Wildman–Crippen LogP) is 2.40. The van der Waals surface area contributed by atoms with E-state index in [4.69, 9.17) is 5.11 Å². The van der Waals surface area contributed by atoms with E-state index in [1.807, 2.05) is 11.4 Å². The molecule has 1 aromatic heterocycles. The standard InChI is InChI=1S/C11H14BrNO2S/c12-8-1-6-16-9(8)10(15)13-7-11(2-3-11)4-5-14/h1,6,14H,2-5,7H2,(H,13,15). The highest BCUT2D eigenvalue weighted by Gasteiger charge is 2.41. The summed E-state index contributed by atoms with van der Waals surface area (Å²) in [5.41, 5.74) is 0.175. The van der Waals surface area contributed by atoms with Gasteiger partial charge in [0.05, 0.1) is 0 Å². The Labute approximate surface area is 107 Å². The molecule has 1 aromatic rings. The molecule has 2 N–H and O–H groups in total. The Hall–Kier alpha value is -0.390. The van der Waals surface area contributed by atoms with E-state index in [-0.39, 0.29) is 17.9 Å². The SMILES string of the molecule is O=C(NCC1(CCO)CC1)c1sccc1Br. The van der Waals surface area contributed by atoms with E-state index in [2.05, 4.69) is 21.2 Å². The van der Waals surface area contributed by atoms with E-state index >= 15 is 0 Å². The lowest BCUT2D eigenvalue weighted by molar-refractivity contribution is 0.0944. The summed E-state index contributed by atoms with van der Waals surface area (Å²) in [7, 11) is 0. The molecule has 88 valence electrons. The van der Waals surface area contributed by atoms with E-state index in [1.165, 1.54) is 11.3 Å². The molecule has 0 saturated heterocycles. The van der Waals surface area contributed by atoms with Gasteiger partial charge in [0, 0.05) is 17.6 Å². The monoisotopic (exact) mass is 303 g/mol. The minimum atomic E-state index is -0.0221. The molecule has 0 radical (unpaired) electrons. The topological polar surface area (TPSA) is 49.3 Å². The van der Waals surface area contributed by atoms with Crippen LogP contribution in [-0.2, 0) is 0 Å². The van der Waals surface area contributed by atoms with Gasteiger partial charge in [-0.05, 0) is 52.1 Å². The summed E-state index contributed by atoms with van der Waals surface area (Å²) in [6, 6.07) is 1.88. The summed E-state index contributed by atoms with van der Waals surface area (Å²) < 4.78 is 0.849. The minimum Gasteiger partial charge on any atom is -0.396 e. The molecule has 5 heteroatoms. The van der Waals surface area contributed by atoms with E-state index in [0.29, 0.717) is 6.54 Å². The molecule has 0 spiro atoms. The molecule has 0 bridgehead atoms. The van der Waals surface area contributed by atoms with Gasteiger partial charge in [-0.15, -0.1) is 11.3 Å². The molecule has 0 aromatic carbocycles. The van der Waals surface area contributed by atoms with E-state index in [1.54, 1.807) is 0 Å². The van der Waals surface area contributed by atoms with Crippen LogP contribution in [0.3, 0.4) is 0 Å². The van der Waals surface area contributed by atoms with Crippen LogP contribution in [0.4, 0.5) is 0 Å². The molecule has 0 atom stereocenters. The van der Waals surface area contributed by atoms with E-state index < -0.39 is 0 Å². The number of thiophene rings is 1. The minimum absolute atomic E-state index is 0.0221. The highest BCUT2D eigenvalue weighted by atomic mass is 79.9. The van der Waals surface area contributed by atoms with Crippen molar-refractivity contribution in [2.24, 2.45) is 5.41 Å². The Morgan fingerprint density at radius 1 is 1.62 bits per heavy atom. The Kier molecular flexibility index (Phi) is 3.66. The maximum absolute atomic E-state index is 11.8. The van der Waals surface area contributed by atoms with E-state index in [0.717, 1.165) is 28.6 Å². The van der Waals surface area contributed by atoms with Gasteiger partial charge in [0.2, 0.25) is 0 Å². The van der Waals surface area contributed by atoms with Gasteiger partial charge in [0.25, 0.3) is 5.91 Å². The molecule has 0 unspecified atom stereocenters. The second-order valence-electron chi connectivity index (χ2n) is 4.25. The summed E-state index contributed by atoms with van der Waals surface area (Å²) in [5.74, 6) is -0.0221. The van der Waals surface area contributed by atoms with Crippen LogP contribution in [0.5, 0.6) is 0 Å². The van der Waals surface area contributed by atoms with Crippen LogP contribution in [0.1, 0.15) is 28.9 Å². The third kappa shape index (κ3) is 2.64. The zero-order valence-electron chi connectivity index (χ0n) is 8.83. The number of amides is 1. The maximum Gasteiger partial charge on any atom is 0.262 e. The number of halogens is 1. The first-order valence-electron chi connectivity index (χ1n) is 5.29. The van der Waals surface area contributed by atoms with Crippen molar-refractivity contribution >= 4 is 33.2 Å². The van der Waals surface area contributed by atoms with Crippen LogP contribution in [0.2, 0.25) is 0 Å². The third-order valence-electron chi connectivity index (χ3n) is 3.05. The molecule has 1 heterocycles. The summed E-state index contributed by atoms with van der Waals surface area (Å²) in [6.45, 7) is 0.884. The molecular formula is C11H14BrNO2S. The average Bonchev–Trinajstić information content (AvgIpc) is 2.89. The highest BCUT2D eigenvalue weighted by Crippen LogP contribution is 2.47. The number of carbonyl (C=O) groups is 1. The average molecular weight is 304 g/mol. The fraction of sp³-hybridized carbons (Fsp3) is 0.545. The Morgan fingerprint density at radius 3 is 2.88 bits per heavy atom. The number of hydrogen-bond acceptors (Lipinski definition) is 3. The molecule has 1 aliphatic carbocycles. The highest BCUT2D eigenvalue weighted by molar-refractivity contribution is 9.10. The molecule has 2 rings (SSSR count). The fourth-order valence-corrected chi connectivity index (χ4v) is 3.20. The van der Waals surface area contributed by atoms with Gasteiger partial charge in [-0.1, -0.05) is 0 Å². The molecule has 1 aliphatic rings. The lowest BCUT2D eigenvalue weighted by Crippen LogP contribution is -2.30. The van der Waals surface area contributed by atoms with Gasteiger partial charge in [-0.25, -0.2) is 0 Å². The largest absolute Gasteiger partial charge is 0.396 e. The first-order chi connectivity index (χ1) is 7.67. The Morgan fingerprint density at radius 2 is 2.38 bits per heavy atom. The van der Waals surface area contributed by atoms with Crippen LogP contribution < -0.4 is 5.32 Å². The molecular weight excluding hydrogens is 290 g/mol. The molecule has 1 amide bonds. The molecule has 16 heavy (non-hydrogen) atoms. The first kappa shape index (κ1) is 12.1. The molecule has 0 aliphatic heterocycles. The van der Waals surface area contributed by atoms with Gasteiger partial charge in [0.1, 0.15) is 4.88 Å². The lowest BCUT2D eigenvalue weighted by atomic mass is 10.0. The normalized spacial score (nSPS) is 17.1. The quantitative estimate of drug-likeness (QED) is 0.877. The Bertz CT molecular complexity index is 387. The smallest absolute Gasteiger partial charge is 0.262 e. The second kappa shape index (κ2) is 4.85. The summed E-state index contributed by atoms with van der Waals surface area (Å²) >= 11 is 4.78. The number of carbonyl (C=O) groups excluding carboxylic acids is 1. The predicted molar refractivity (Wildman–Crippen MR) is 67.7 cm³/mol. The summed E-state index contributed by atoms with van der Waals surface area (Å²) in [5, 5.41) is 13.7. The zero-order valence-corrected chi connectivity index (χ0v) is 11.2. The van der Waals surface area contributed by atoms with Crippen LogP contribution in [-0.4, -0.2) is 24.2 Å². The fourth-order valence-electron chi connectivity index (χ4n) is 1.73. The van der Waals surface area contributed by atoms with E-state index in [9.17, 15) is 4.79 Å². The van der Waals surface area contributed by atoms with Crippen molar-refractivity contribution in [3.05, 3.63) is 20.8 Å². The molecule has 1 fully saturated rings. The van der Waals surface area contributed by atoms with Crippen molar-refractivity contribution in [2.45, 2.75) is 19.3 Å². The summed E-state index contributed by atoms with van der Waals surface area (Å²) in [6.07, 6.45) is 3.01. The lowest BCUT2D eigenvalue weighted by Gasteiger charge is -2.14. The van der Waals surface area contributed by atoms with Crippen molar-refractivity contribution in [1.29, 1.82) is 0 Å². The van der Waals surface area contributed by atoms with Crippen LogP contribution in [0, 0.1) is 5.41 Å². The third-order valence-corrected chi connectivity index (χ3v) is 4.88. The first-order valence-corrected chi connectivity index (χ1v) is 6.96. The van der Waals surface area contributed by atoms with Crippen LogP contribution >= 0.6 is 27.3 Å². The molecule has 1 saturated carbocycles. The maximum atomic E-state index is 11.8. The second-order valence-corrected chi connectivity index (χ2v) is 6.02. The van der Waals surface area contributed by atoms with Crippen LogP contribution in [0.25, 0.3) is 0 Å². The van der Waals surface area contributed by atoms with Crippen LogP contribution in [0.15, 0.2) is 15.9 Å². The Balaban J connectivity index is 1.87. The van der Waals surface area contributed by atoms with Gasteiger partial charge in [-0.3, -0.25) is 4.79 Å². The summed E-state index contributed by atoms with van der Waals surface area (Å²) in [4.78, 5) is 12.5. The number of aliphatic hydroxyl groups is 1. The molecule has 3 nitrogen and oxygen atoms in total. The van der Waals surface area contributed by atoms with Crippen molar-refractivity contribution in [3.63, 3.8) is 0 Å². The van der Waals surface area contributed by atoms with Crippen molar-refractivity contribution in [2.75, 3.05) is 13.2 Å². The number of aliphatic hydroxyl groups excluding tert-OH is 1. The number of rotatable bonds is 5. The number of hydrogen-bond donors (Lipinski definition) is 2. The zero-order chi connectivity index (χ0) is 11.6. The van der Waals surface area contributed by atoms with Gasteiger partial charge < -0.3 is 10.4 Å². The van der Waals surface area contributed by atoms with Crippen molar-refractivity contribution in [1.82, 2.24) is 5.32 Å². The van der Waals surface area contributed by atoms with Crippen molar-refractivity contribution in [3.8, 4) is 0 Å². The van der Waals surface area contributed by atoms with Gasteiger partial charge in [-0.2, -0.15) is 0 Å².